The summed E-state index contributed by atoms with van der Waals surface area (Å²) in [4.78, 5) is 13.5. The Morgan fingerprint density at radius 2 is 2.11 bits per heavy atom. The SMILES string of the molecule is CN1CCC(Oc2cccc(Br)c2C(=O)O)CC1. The molecule has 0 spiro atoms. The summed E-state index contributed by atoms with van der Waals surface area (Å²) in [6, 6.07) is 5.22. The third-order valence-corrected chi connectivity index (χ3v) is 3.81. The van der Waals surface area contributed by atoms with E-state index in [0.717, 1.165) is 25.9 Å². The molecular weight excluding hydrogens is 298 g/mol. The largest absolute Gasteiger partial charge is 0.489 e. The van der Waals surface area contributed by atoms with Crippen LogP contribution < -0.4 is 4.74 Å². The van der Waals surface area contributed by atoms with E-state index >= 15 is 0 Å². The first-order valence-electron chi connectivity index (χ1n) is 5.95. The van der Waals surface area contributed by atoms with Crippen molar-refractivity contribution >= 4 is 21.9 Å². The summed E-state index contributed by atoms with van der Waals surface area (Å²) in [5, 5.41) is 9.20. The Bertz CT molecular complexity index is 442. The average molecular weight is 314 g/mol. The van der Waals surface area contributed by atoms with Crippen molar-refractivity contribution in [3.63, 3.8) is 0 Å². The molecule has 0 aliphatic carbocycles. The lowest BCUT2D eigenvalue weighted by Gasteiger charge is -2.29. The fourth-order valence-corrected chi connectivity index (χ4v) is 2.61. The number of carbonyl (C=O) groups is 1. The Balaban J connectivity index is 2.14. The van der Waals surface area contributed by atoms with Crippen LogP contribution in [0.2, 0.25) is 0 Å². The average Bonchev–Trinajstić information content (AvgIpc) is 2.32. The van der Waals surface area contributed by atoms with E-state index in [1.54, 1.807) is 18.2 Å². The quantitative estimate of drug-likeness (QED) is 0.932. The maximum atomic E-state index is 11.2. The number of carboxylic acid groups (broad SMARTS) is 1. The highest BCUT2D eigenvalue weighted by molar-refractivity contribution is 9.10. The predicted molar refractivity (Wildman–Crippen MR) is 72.2 cm³/mol. The van der Waals surface area contributed by atoms with Crippen LogP contribution in [0.4, 0.5) is 0 Å². The number of nitrogens with zero attached hydrogens (tertiary/aromatic N) is 1. The molecule has 4 nitrogen and oxygen atoms in total. The highest BCUT2D eigenvalue weighted by atomic mass is 79.9. The van der Waals surface area contributed by atoms with Crippen LogP contribution >= 0.6 is 15.9 Å². The summed E-state index contributed by atoms with van der Waals surface area (Å²) in [6.45, 7) is 1.97. The molecule has 1 aromatic rings. The van der Waals surface area contributed by atoms with Gasteiger partial charge < -0.3 is 14.7 Å². The highest BCUT2D eigenvalue weighted by Gasteiger charge is 2.21. The Morgan fingerprint density at radius 3 is 2.72 bits per heavy atom. The molecule has 0 bridgehead atoms. The Morgan fingerprint density at radius 1 is 1.44 bits per heavy atom. The normalized spacial score (nSPS) is 17.7. The van der Waals surface area contributed by atoms with Gasteiger partial charge in [-0.2, -0.15) is 0 Å². The fraction of sp³-hybridized carbons (Fsp3) is 0.462. The maximum absolute atomic E-state index is 11.2. The fourth-order valence-electron chi connectivity index (χ4n) is 2.09. The van der Waals surface area contributed by atoms with Gasteiger partial charge in [0.1, 0.15) is 17.4 Å². The third-order valence-electron chi connectivity index (χ3n) is 3.15. The molecule has 98 valence electrons. The number of rotatable bonds is 3. The number of piperidine rings is 1. The second-order valence-electron chi connectivity index (χ2n) is 4.54. The van der Waals surface area contributed by atoms with Crippen molar-refractivity contribution in [2.75, 3.05) is 20.1 Å². The van der Waals surface area contributed by atoms with Gasteiger partial charge in [0, 0.05) is 17.6 Å². The van der Waals surface area contributed by atoms with Crippen molar-refractivity contribution in [1.29, 1.82) is 0 Å². The molecule has 5 heteroatoms. The molecule has 1 fully saturated rings. The van der Waals surface area contributed by atoms with Crippen molar-refractivity contribution in [1.82, 2.24) is 4.90 Å². The van der Waals surface area contributed by atoms with Crippen LogP contribution in [0.3, 0.4) is 0 Å². The van der Waals surface area contributed by atoms with Crippen LogP contribution in [0.25, 0.3) is 0 Å². The zero-order chi connectivity index (χ0) is 13.1. The zero-order valence-electron chi connectivity index (χ0n) is 10.2. The van der Waals surface area contributed by atoms with Crippen molar-refractivity contribution in [3.05, 3.63) is 28.2 Å². The van der Waals surface area contributed by atoms with E-state index in [1.807, 2.05) is 0 Å². The summed E-state index contributed by atoms with van der Waals surface area (Å²) < 4.78 is 6.40. The smallest absolute Gasteiger partial charge is 0.340 e. The third kappa shape index (κ3) is 3.03. The standard InChI is InChI=1S/C13H16BrNO3/c1-15-7-5-9(6-8-15)18-11-4-2-3-10(14)12(11)13(16)17/h2-4,9H,5-8H2,1H3,(H,16,17). The van der Waals surface area contributed by atoms with Gasteiger partial charge in [-0.25, -0.2) is 4.79 Å². The number of hydrogen-bond donors (Lipinski definition) is 1. The molecule has 0 amide bonds. The Hall–Kier alpha value is -1.07. The molecule has 18 heavy (non-hydrogen) atoms. The molecule has 1 aliphatic rings. The molecule has 1 N–H and O–H groups in total. The Kier molecular flexibility index (Phi) is 4.24. The summed E-state index contributed by atoms with van der Waals surface area (Å²) in [7, 11) is 2.08. The molecule has 1 saturated heterocycles. The molecule has 1 aliphatic heterocycles. The van der Waals surface area contributed by atoms with Gasteiger partial charge in [0.15, 0.2) is 0 Å². The lowest BCUT2D eigenvalue weighted by Crippen LogP contribution is -2.35. The predicted octanol–water partition coefficient (Wildman–Crippen LogP) is 2.62. The van der Waals surface area contributed by atoms with E-state index in [4.69, 9.17) is 4.74 Å². The van der Waals surface area contributed by atoms with E-state index in [-0.39, 0.29) is 11.7 Å². The van der Waals surface area contributed by atoms with E-state index in [2.05, 4.69) is 27.9 Å². The first-order chi connectivity index (χ1) is 8.58. The van der Waals surface area contributed by atoms with Crippen molar-refractivity contribution in [2.24, 2.45) is 0 Å². The molecule has 1 aromatic carbocycles. The summed E-state index contributed by atoms with van der Waals surface area (Å²) in [6.07, 6.45) is 1.97. The molecule has 2 rings (SSSR count). The van der Waals surface area contributed by atoms with Crippen molar-refractivity contribution in [2.45, 2.75) is 18.9 Å². The summed E-state index contributed by atoms with van der Waals surface area (Å²) >= 11 is 3.25. The molecule has 0 radical (unpaired) electrons. The van der Waals surface area contributed by atoms with Crippen LogP contribution in [0.15, 0.2) is 22.7 Å². The minimum absolute atomic E-state index is 0.105. The van der Waals surface area contributed by atoms with Crippen LogP contribution in [0.5, 0.6) is 5.75 Å². The van der Waals surface area contributed by atoms with Gasteiger partial charge >= 0.3 is 5.97 Å². The maximum Gasteiger partial charge on any atom is 0.340 e. The molecule has 0 unspecified atom stereocenters. The second kappa shape index (κ2) is 5.71. The van der Waals surface area contributed by atoms with Gasteiger partial charge in [-0.05, 0) is 48.0 Å². The van der Waals surface area contributed by atoms with Gasteiger partial charge in [-0.1, -0.05) is 6.07 Å². The molecule has 0 atom stereocenters. The topological polar surface area (TPSA) is 49.8 Å². The number of likely N-dealkylation sites (tertiary alicyclic amines) is 1. The summed E-state index contributed by atoms with van der Waals surface area (Å²) in [5.74, 6) is -0.517. The van der Waals surface area contributed by atoms with Gasteiger partial charge in [-0.3, -0.25) is 0 Å². The zero-order valence-corrected chi connectivity index (χ0v) is 11.8. The minimum atomic E-state index is -0.967. The van der Waals surface area contributed by atoms with E-state index in [1.165, 1.54) is 0 Å². The van der Waals surface area contributed by atoms with Crippen molar-refractivity contribution < 1.29 is 14.6 Å². The van der Waals surface area contributed by atoms with E-state index < -0.39 is 5.97 Å². The molecule has 0 saturated carbocycles. The number of ether oxygens (including phenoxy) is 1. The molecular formula is C13H16BrNO3. The van der Waals surface area contributed by atoms with Gasteiger partial charge in [0.25, 0.3) is 0 Å². The van der Waals surface area contributed by atoms with E-state index in [0.29, 0.717) is 10.2 Å². The highest BCUT2D eigenvalue weighted by Crippen LogP contribution is 2.29. The molecule has 0 aromatic heterocycles. The lowest BCUT2D eigenvalue weighted by molar-refractivity contribution is 0.0680. The number of hydrogen-bond acceptors (Lipinski definition) is 3. The van der Waals surface area contributed by atoms with Crippen LogP contribution in [0.1, 0.15) is 23.2 Å². The number of halogens is 1. The first-order valence-corrected chi connectivity index (χ1v) is 6.74. The molecule has 1 heterocycles. The van der Waals surface area contributed by atoms with Gasteiger partial charge in [0.2, 0.25) is 0 Å². The van der Waals surface area contributed by atoms with Gasteiger partial charge in [0.05, 0.1) is 0 Å². The monoisotopic (exact) mass is 313 g/mol. The number of aromatic carboxylic acids is 1. The van der Waals surface area contributed by atoms with Crippen LogP contribution in [0, 0.1) is 0 Å². The Labute approximate surface area is 115 Å². The second-order valence-corrected chi connectivity index (χ2v) is 5.39. The number of carboxylic acids is 1. The first kappa shape index (κ1) is 13.4. The lowest BCUT2D eigenvalue weighted by atomic mass is 10.1. The number of benzene rings is 1. The minimum Gasteiger partial charge on any atom is -0.489 e. The van der Waals surface area contributed by atoms with Crippen molar-refractivity contribution in [3.8, 4) is 5.75 Å². The summed E-state index contributed by atoms with van der Waals surface area (Å²) in [5.41, 5.74) is 0.205. The van der Waals surface area contributed by atoms with Crippen LogP contribution in [-0.4, -0.2) is 42.2 Å². The van der Waals surface area contributed by atoms with Crippen LogP contribution in [-0.2, 0) is 0 Å². The van der Waals surface area contributed by atoms with E-state index in [9.17, 15) is 9.90 Å². The van der Waals surface area contributed by atoms with Gasteiger partial charge in [-0.15, -0.1) is 0 Å².